The quantitative estimate of drug-likeness (QED) is 0.201. The largest absolute Gasteiger partial charge is 0.494 e. The minimum atomic E-state index is 0.506. The van der Waals surface area contributed by atoms with E-state index in [1.807, 2.05) is 49.4 Å². The van der Waals surface area contributed by atoms with Crippen LogP contribution < -0.4 is 10.2 Å². The number of hydrogen-bond donors (Lipinski definition) is 1. The molecule has 0 aliphatic carbocycles. The zero-order valence-corrected chi connectivity index (χ0v) is 19.3. The molecule has 6 heteroatoms. The Labute approximate surface area is 192 Å². The van der Waals surface area contributed by atoms with Gasteiger partial charge >= 0.3 is 0 Å². The van der Waals surface area contributed by atoms with Crippen LogP contribution in [0.2, 0.25) is 0 Å². The van der Waals surface area contributed by atoms with E-state index >= 15 is 0 Å². The lowest BCUT2D eigenvalue weighted by Gasteiger charge is -2.06. The SMILES string of the molecule is CCOc1ccc(N=C(N/N=C/c2ccc(C(C)C)cc2)c2nc3ccccc3s2)cc1. The molecule has 32 heavy (non-hydrogen) atoms. The summed E-state index contributed by atoms with van der Waals surface area (Å²) in [5, 5.41) is 5.23. The van der Waals surface area contributed by atoms with Crippen molar-refractivity contribution in [3.63, 3.8) is 0 Å². The Balaban J connectivity index is 1.60. The number of aromatic nitrogens is 1. The van der Waals surface area contributed by atoms with E-state index in [4.69, 9.17) is 14.7 Å². The van der Waals surface area contributed by atoms with Gasteiger partial charge in [-0.1, -0.05) is 50.2 Å². The van der Waals surface area contributed by atoms with Crippen LogP contribution in [0.5, 0.6) is 5.75 Å². The monoisotopic (exact) mass is 442 g/mol. The highest BCUT2D eigenvalue weighted by molar-refractivity contribution is 7.20. The number of amidine groups is 1. The summed E-state index contributed by atoms with van der Waals surface area (Å²) in [5.74, 6) is 1.93. The number of fused-ring (bicyclic) bond motifs is 1. The Bertz CT molecular complexity index is 1190. The van der Waals surface area contributed by atoms with Crippen molar-refractivity contribution in [2.24, 2.45) is 10.1 Å². The number of thiazole rings is 1. The maximum atomic E-state index is 5.53. The molecule has 1 heterocycles. The van der Waals surface area contributed by atoms with E-state index in [2.05, 4.69) is 54.7 Å². The molecule has 4 rings (SSSR count). The van der Waals surface area contributed by atoms with Crippen molar-refractivity contribution in [2.75, 3.05) is 6.61 Å². The summed E-state index contributed by atoms with van der Waals surface area (Å²) in [6.45, 7) is 6.97. The van der Waals surface area contributed by atoms with E-state index in [9.17, 15) is 0 Å². The molecule has 0 amide bonds. The number of rotatable bonds is 7. The Kier molecular flexibility index (Phi) is 6.92. The Morgan fingerprint density at radius 2 is 1.78 bits per heavy atom. The molecule has 0 fully saturated rings. The van der Waals surface area contributed by atoms with E-state index in [0.717, 1.165) is 32.2 Å². The third-order valence-electron chi connectivity index (χ3n) is 4.87. The van der Waals surface area contributed by atoms with Crippen molar-refractivity contribution in [1.82, 2.24) is 10.4 Å². The fourth-order valence-electron chi connectivity index (χ4n) is 3.14. The van der Waals surface area contributed by atoms with Crippen LogP contribution in [0.25, 0.3) is 10.2 Å². The van der Waals surface area contributed by atoms with E-state index < -0.39 is 0 Å². The molecule has 0 unspecified atom stereocenters. The molecule has 4 aromatic rings. The normalized spacial score (nSPS) is 12.1. The lowest BCUT2D eigenvalue weighted by Crippen LogP contribution is -2.18. The minimum Gasteiger partial charge on any atom is -0.494 e. The molecule has 0 saturated heterocycles. The van der Waals surface area contributed by atoms with Crippen molar-refractivity contribution in [3.8, 4) is 5.75 Å². The van der Waals surface area contributed by atoms with Gasteiger partial charge in [-0.3, -0.25) is 5.43 Å². The van der Waals surface area contributed by atoms with Crippen molar-refractivity contribution in [2.45, 2.75) is 26.7 Å². The van der Waals surface area contributed by atoms with Crippen LogP contribution in [0.15, 0.2) is 82.9 Å². The first kappa shape index (κ1) is 21.7. The summed E-state index contributed by atoms with van der Waals surface area (Å²) in [6.07, 6.45) is 1.80. The fraction of sp³-hybridized carbons (Fsp3) is 0.192. The van der Waals surface area contributed by atoms with Crippen molar-refractivity contribution < 1.29 is 4.74 Å². The molecule has 0 aliphatic rings. The molecule has 3 aromatic carbocycles. The number of aliphatic imine (C=N–C) groups is 1. The van der Waals surface area contributed by atoms with Crippen LogP contribution in [0.3, 0.4) is 0 Å². The number of para-hydroxylation sites is 1. The highest BCUT2D eigenvalue weighted by atomic mass is 32.1. The van der Waals surface area contributed by atoms with Crippen LogP contribution in [-0.4, -0.2) is 23.6 Å². The van der Waals surface area contributed by atoms with Gasteiger partial charge in [-0.2, -0.15) is 5.10 Å². The van der Waals surface area contributed by atoms with Gasteiger partial charge in [-0.15, -0.1) is 11.3 Å². The predicted molar refractivity (Wildman–Crippen MR) is 135 cm³/mol. The molecule has 1 aromatic heterocycles. The first-order chi connectivity index (χ1) is 15.6. The topological polar surface area (TPSA) is 58.9 Å². The second-order valence-electron chi connectivity index (χ2n) is 7.57. The summed E-state index contributed by atoms with van der Waals surface area (Å²) < 4.78 is 6.64. The Morgan fingerprint density at radius 3 is 2.47 bits per heavy atom. The smallest absolute Gasteiger partial charge is 0.183 e. The Morgan fingerprint density at radius 1 is 1.03 bits per heavy atom. The number of hydrazone groups is 1. The van der Waals surface area contributed by atoms with Crippen LogP contribution in [-0.2, 0) is 0 Å². The summed E-state index contributed by atoms with van der Waals surface area (Å²) in [6, 6.07) is 24.2. The third kappa shape index (κ3) is 5.39. The average Bonchev–Trinajstić information content (AvgIpc) is 3.24. The van der Waals surface area contributed by atoms with Crippen molar-refractivity contribution in [1.29, 1.82) is 0 Å². The van der Waals surface area contributed by atoms with E-state index in [-0.39, 0.29) is 0 Å². The van der Waals surface area contributed by atoms with Crippen LogP contribution in [0.1, 0.15) is 42.8 Å². The standard InChI is InChI=1S/C26H26N4OS/c1-4-31-22-15-13-21(14-16-22)28-25(26-29-23-7-5-6-8-24(23)32-26)30-27-17-19-9-11-20(12-10-19)18(2)3/h5-18H,4H2,1-3H3,(H,28,30)/b27-17+. The molecule has 0 spiro atoms. The second kappa shape index (κ2) is 10.2. The van der Waals surface area contributed by atoms with Gasteiger partial charge in [0.2, 0.25) is 0 Å². The van der Waals surface area contributed by atoms with Gasteiger partial charge in [0.15, 0.2) is 10.8 Å². The van der Waals surface area contributed by atoms with Crippen LogP contribution in [0, 0.1) is 0 Å². The molecular formula is C26H26N4OS. The average molecular weight is 443 g/mol. The molecule has 0 bridgehead atoms. The highest BCUT2D eigenvalue weighted by Crippen LogP contribution is 2.24. The number of nitrogens with zero attached hydrogens (tertiary/aromatic N) is 3. The molecular weight excluding hydrogens is 416 g/mol. The summed E-state index contributed by atoms with van der Waals surface area (Å²) in [7, 11) is 0. The minimum absolute atomic E-state index is 0.506. The molecule has 0 saturated carbocycles. The molecule has 162 valence electrons. The molecule has 0 atom stereocenters. The lowest BCUT2D eigenvalue weighted by molar-refractivity contribution is 0.340. The van der Waals surface area contributed by atoms with Crippen molar-refractivity contribution >= 4 is 39.3 Å². The van der Waals surface area contributed by atoms with Gasteiger partial charge in [0.05, 0.1) is 28.7 Å². The van der Waals surface area contributed by atoms with Crippen LogP contribution in [0.4, 0.5) is 5.69 Å². The van der Waals surface area contributed by atoms with E-state index in [1.165, 1.54) is 5.56 Å². The number of benzene rings is 3. The lowest BCUT2D eigenvalue weighted by atomic mass is 10.0. The van der Waals surface area contributed by atoms with Gasteiger partial charge in [-0.25, -0.2) is 9.98 Å². The van der Waals surface area contributed by atoms with Gasteiger partial charge in [0.25, 0.3) is 0 Å². The van der Waals surface area contributed by atoms with Gasteiger partial charge in [0, 0.05) is 0 Å². The van der Waals surface area contributed by atoms with E-state index in [1.54, 1.807) is 17.6 Å². The molecule has 0 aliphatic heterocycles. The third-order valence-corrected chi connectivity index (χ3v) is 5.92. The first-order valence-electron chi connectivity index (χ1n) is 10.7. The number of ether oxygens (including phenoxy) is 1. The van der Waals surface area contributed by atoms with Crippen LogP contribution >= 0.6 is 11.3 Å². The number of nitrogens with one attached hydrogen (secondary N) is 1. The fourth-order valence-corrected chi connectivity index (χ4v) is 4.05. The molecule has 1 N–H and O–H groups in total. The first-order valence-corrected chi connectivity index (χ1v) is 11.5. The maximum Gasteiger partial charge on any atom is 0.183 e. The van der Waals surface area contributed by atoms with E-state index in [0.29, 0.717) is 18.4 Å². The Hall–Kier alpha value is -3.51. The van der Waals surface area contributed by atoms with Crippen molar-refractivity contribution in [3.05, 3.63) is 88.9 Å². The zero-order valence-electron chi connectivity index (χ0n) is 18.4. The summed E-state index contributed by atoms with van der Waals surface area (Å²) >= 11 is 1.58. The van der Waals surface area contributed by atoms with Gasteiger partial charge < -0.3 is 4.74 Å². The zero-order chi connectivity index (χ0) is 22.3. The molecule has 0 radical (unpaired) electrons. The van der Waals surface area contributed by atoms with Gasteiger partial charge in [0.1, 0.15) is 5.75 Å². The molecule has 5 nitrogen and oxygen atoms in total. The second-order valence-corrected chi connectivity index (χ2v) is 8.60. The summed E-state index contributed by atoms with van der Waals surface area (Å²) in [5.41, 5.74) is 7.18. The number of hydrogen-bond acceptors (Lipinski definition) is 5. The summed E-state index contributed by atoms with van der Waals surface area (Å²) in [4.78, 5) is 9.52. The highest BCUT2D eigenvalue weighted by Gasteiger charge is 2.10. The maximum absolute atomic E-state index is 5.53. The predicted octanol–water partition coefficient (Wildman–Crippen LogP) is 6.52. The van der Waals surface area contributed by atoms with Gasteiger partial charge in [-0.05, 0) is 60.4 Å².